The Labute approximate surface area is 263 Å². The fourth-order valence-electron chi connectivity index (χ4n) is 5.95. The molecule has 3 aromatic rings. The molecule has 4 nitrogen and oxygen atoms in total. The van der Waals surface area contributed by atoms with Gasteiger partial charge in [0.05, 0.1) is 21.2 Å². The van der Waals surface area contributed by atoms with E-state index >= 15 is 0 Å². The smallest absolute Gasteiger partial charge is 0.490 e. The van der Waals surface area contributed by atoms with Crippen LogP contribution < -0.4 is 14.9 Å². The summed E-state index contributed by atoms with van der Waals surface area (Å²) in [4.78, 5) is 0. The third kappa shape index (κ3) is 7.13. The average Bonchev–Trinajstić information content (AvgIpc) is 3.09. The summed E-state index contributed by atoms with van der Waals surface area (Å²) in [7, 11) is -0.361. The van der Waals surface area contributed by atoms with Crippen molar-refractivity contribution >= 4 is 35.8 Å². The Morgan fingerprint density at radius 3 is 1.88 bits per heavy atom. The molecule has 0 aliphatic carbocycles. The molecule has 0 radical (unpaired) electrons. The number of halogens is 2. The van der Waals surface area contributed by atoms with Gasteiger partial charge in [-0.25, -0.2) is 0 Å². The van der Waals surface area contributed by atoms with Crippen molar-refractivity contribution in [1.82, 2.24) is 0 Å². The van der Waals surface area contributed by atoms with Gasteiger partial charge < -0.3 is 18.8 Å². The molecule has 2 atom stereocenters. The van der Waals surface area contributed by atoms with Gasteiger partial charge in [0, 0.05) is 0 Å². The number of rotatable bonds is 9. The van der Waals surface area contributed by atoms with Gasteiger partial charge in [-0.1, -0.05) is 81.2 Å². The van der Waals surface area contributed by atoms with Gasteiger partial charge in [0.1, 0.15) is 19.0 Å². The third-order valence-electron chi connectivity index (χ3n) is 8.72. The highest BCUT2D eigenvalue weighted by Gasteiger charge is 2.51. The van der Waals surface area contributed by atoms with Crippen LogP contribution in [0.25, 0.3) is 0 Å². The second kappa shape index (κ2) is 12.4. The van der Waals surface area contributed by atoms with Crippen molar-refractivity contribution in [3.8, 4) is 11.5 Å². The lowest BCUT2D eigenvalue weighted by atomic mass is 9.67. The lowest BCUT2D eigenvalue weighted by Crippen LogP contribution is -2.41. The van der Waals surface area contributed by atoms with Crippen LogP contribution in [0.5, 0.6) is 11.5 Å². The first kappa shape index (κ1) is 32.7. The van der Waals surface area contributed by atoms with Gasteiger partial charge in [-0.2, -0.15) is 0 Å². The summed E-state index contributed by atoms with van der Waals surface area (Å²) in [6.07, 6.45) is 0. The Morgan fingerprint density at radius 1 is 0.810 bits per heavy atom. The monoisotopic (exact) mass is 610 g/mol. The fraction of sp³-hybridized carbons (Fsp3) is 0.486. The molecule has 7 heteroatoms. The van der Waals surface area contributed by atoms with Crippen molar-refractivity contribution in [3.63, 3.8) is 0 Å². The van der Waals surface area contributed by atoms with E-state index in [4.69, 9.17) is 42.0 Å². The quantitative estimate of drug-likeness (QED) is 0.179. The van der Waals surface area contributed by atoms with Gasteiger partial charge in [-0.05, 0) is 111 Å². The van der Waals surface area contributed by atoms with Crippen LogP contribution in [0.1, 0.15) is 89.5 Å². The van der Waals surface area contributed by atoms with E-state index in [2.05, 4.69) is 92.6 Å². The van der Waals surface area contributed by atoms with Gasteiger partial charge in [0.15, 0.2) is 5.75 Å². The zero-order valence-corrected chi connectivity index (χ0v) is 28.2. The highest BCUT2D eigenvalue weighted by Crippen LogP contribution is 2.46. The Balaban J connectivity index is 1.44. The average molecular weight is 611 g/mol. The van der Waals surface area contributed by atoms with E-state index in [0.717, 1.165) is 16.8 Å². The van der Waals surface area contributed by atoms with Crippen molar-refractivity contribution in [2.75, 3.05) is 13.2 Å². The lowest BCUT2D eigenvalue weighted by Gasteiger charge is -2.37. The highest BCUT2D eigenvalue weighted by atomic mass is 35.5. The van der Waals surface area contributed by atoms with Crippen molar-refractivity contribution in [3.05, 3.63) is 86.9 Å². The maximum absolute atomic E-state index is 6.31. The SMILES string of the molecule is Cc1cc(Cl)c(OCCOc2ccc(C(C(C)c3ccc(B4OC(C)(C)C(C)(C)O4)cc3C)C(C)(C)C)cc2)c(Cl)c1. The molecule has 1 fully saturated rings. The summed E-state index contributed by atoms with van der Waals surface area (Å²) in [6, 6.07) is 18.8. The van der Waals surface area contributed by atoms with Crippen LogP contribution in [0.4, 0.5) is 0 Å². The van der Waals surface area contributed by atoms with Crippen LogP contribution >= 0.6 is 23.2 Å². The van der Waals surface area contributed by atoms with Crippen LogP contribution in [0.2, 0.25) is 10.0 Å². The molecule has 0 amide bonds. The zero-order valence-electron chi connectivity index (χ0n) is 26.7. The molecule has 1 heterocycles. The first-order valence-electron chi connectivity index (χ1n) is 14.8. The van der Waals surface area contributed by atoms with E-state index in [1.807, 2.05) is 31.2 Å². The molecule has 226 valence electrons. The molecule has 0 spiro atoms. The van der Waals surface area contributed by atoms with Gasteiger partial charge in [-0.3, -0.25) is 0 Å². The van der Waals surface area contributed by atoms with Gasteiger partial charge in [-0.15, -0.1) is 0 Å². The molecule has 2 unspecified atom stereocenters. The van der Waals surface area contributed by atoms with Crippen LogP contribution in [-0.4, -0.2) is 31.5 Å². The summed E-state index contributed by atoms with van der Waals surface area (Å²) < 4.78 is 24.4. The first-order chi connectivity index (χ1) is 19.5. The first-order valence-corrected chi connectivity index (χ1v) is 15.5. The summed E-state index contributed by atoms with van der Waals surface area (Å²) in [5.41, 5.74) is 5.24. The predicted octanol–water partition coefficient (Wildman–Crippen LogP) is 9.30. The molecule has 4 rings (SSSR count). The van der Waals surface area contributed by atoms with Crippen LogP contribution in [0.15, 0.2) is 54.6 Å². The van der Waals surface area contributed by atoms with Crippen LogP contribution in [-0.2, 0) is 9.31 Å². The molecule has 3 aromatic carbocycles. The van der Waals surface area contributed by atoms with E-state index in [1.54, 1.807) is 0 Å². The van der Waals surface area contributed by atoms with E-state index < -0.39 is 0 Å². The van der Waals surface area contributed by atoms with Crippen molar-refractivity contribution in [1.29, 1.82) is 0 Å². The highest BCUT2D eigenvalue weighted by molar-refractivity contribution is 6.62. The summed E-state index contributed by atoms with van der Waals surface area (Å²) in [6.45, 7) is 22.5. The molecule has 1 aliphatic heterocycles. The molecule has 1 aliphatic rings. The summed E-state index contributed by atoms with van der Waals surface area (Å²) in [5.74, 6) is 1.87. The zero-order chi connectivity index (χ0) is 31.0. The number of ether oxygens (including phenoxy) is 2. The Hall–Kier alpha value is -2.18. The Morgan fingerprint density at radius 2 is 1.36 bits per heavy atom. The van der Waals surface area contributed by atoms with E-state index in [-0.39, 0.29) is 23.7 Å². The normalized spacial score (nSPS) is 17.7. The van der Waals surface area contributed by atoms with E-state index in [0.29, 0.717) is 40.8 Å². The number of aryl methyl sites for hydroxylation is 2. The van der Waals surface area contributed by atoms with Gasteiger partial charge >= 0.3 is 7.12 Å². The van der Waals surface area contributed by atoms with E-state index in [9.17, 15) is 0 Å². The molecule has 42 heavy (non-hydrogen) atoms. The molecule has 0 saturated carbocycles. The van der Waals surface area contributed by atoms with Crippen molar-refractivity contribution in [2.24, 2.45) is 5.41 Å². The minimum atomic E-state index is -0.361. The molecule has 0 bridgehead atoms. The van der Waals surface area contributed by atoms with Crippen LogP contribution in [0, 0.1) is 19.3 Å². The second-order valence-electron chi connectivity index (χ2n) is 13.7. The molecule has 0 aromatic heterocycles. The molecule has 0 N–H and O–H groups in total. The minimum absolute atomic E-state index is 0.0407. The maximum atomic E-state index is 6.31. The molecular formula is C35H45BCl2O4. The topological polar surface area (TPSA) is 36.9 Å². The summed E-state index contributed by atoms with van der Waals surface area (Å²) in [5, 5.41) is 1.01. The van der Waals surface area contributed by atoms with Crippen molar-refractivity contribution in [2.45, 2.75) is 92.3 Å². The van der Waals surface area contributed by atoms with Gasteiger partial charge in [0.25, 0.3) is 0 Å². The van der Waals surface area contributed by atoms with Crippen LogP contribution in [0.3, 0.4) is 0 Å². The standard InChI is InChI=1S/C35H45BCl2O4/c1-22-19-29(37)32(30(38)20-22)40-18-17-39-27-14-11-25(12-15-27)31(33(4,5)6)24(3)28-16-13-26(21-23(28)2)36-41-34(7,8)35(9,10)42-36/h11-16,19-21,24,31H,17-18H2,1-10H3. The fourth-order valence-corrected chi connectivity index (χ4v) is 6.66. The lowest BCUT2D eigenvalue weighted by molar-refractivity contribution is 0.00578. The Bertz CT molecular complexity index is 1360. The molecular weight excluding hydrogens is 566 g/mol. The number of hydrogen-bond donors (Lipinski definition) is 0. The second-order valence-corrected chi connectivity index (χ2v) is 14.5. The number of hydrogen-bond acceptors (Lipinski definition) is 4. The van der Waals surface area contributed by atoms with E-state index in [1.165, 1.54) is 16.7 Å². The third-order valence-corrected chi connectivity index (χ3v) is 9.28. The minimum Gasteiger partial charge on any atom is -0.490 e. The predicted molar refractivity (Wildman–Crippen MR) is 176 cm³/mol. The summed E-state index contributed by atoms with van der Waals surface area (Å²) >= 11 is 12.6. The Kier molecular flexibility index (Phi) is 9.69. The number of benzene rings is 3. The molecule has 1 saturated heterocycles. The largest absolute Gasteiger partial charge is 0.494 e. The maximum Gasteiger partial charge on any atom is 0.494 e. The van der Waals surface area contributed by atoms with Crippen molar-refractivity contribution < 1.29 is 18.8 Å². The van der Waals surface area contributed by atoms with Gasteiger partial charge in [0.2, 0.25) is 0 Å².